The Morgan fingerprint density at radius 1 is 1.06 bits per heavy atom. The molecule has 4 N–H and O–H groups in total. The highest BCUT2D eigenvalue weighted by molar-refractivity contribution is 7.89. The molecule has 8 nitrogen and oxygen atoms in total. The van der Waals surface area contributed by atoms with Gasteiger partial charge in [0.15, 0.2) is 0 Å². The molecule has 1 aromatic rings. The molecule has 32 heavy (non-hydrogen) atoms. The highest BCUT2D eigenvalue weighted by Crippen LogP contribution is 2.24. The Balaban J connectivity index is 1.86. The molecule has 1 atom stereocenters. The maximum Gasteiger partial charge on any atom is 0.240 e. The van der Waals surface area contributed by atoms with Crippen molar-refractivity contribution in [2.75, 3.05) is 39.5 Å². The van der Waals surface area contributed by atoms with E-state index in [1.54, 1.807) is 18.2 Å². The average Bonchev–Trinajstić information content (AvgIpc) is 2.80. The van der Waals surface area contributed by atoms with Crippen LogP contribution in [0.15, 0.2) is 51.4 Å². The molecule has 0 aliphatic heterocycles. The smallest absolute Gasteiger partial charge is 0.240 e. The summed E-state index contributed by atoms with van der Waals surface area (Å²) in [7, 11) is -3.68. The zero-order chi connectivity index (χ0) is 23.4. The third-order valence-electron chi connectivity index (χ3n) is 4.40. The second-order valence-corrected chi connectivity index (χ2v) is 9.65. The number of ether oxygens (including phenoxy) is 3. The lowest BCUT2D eigenvalue weighted by Crippen LogP contribution is -2.28. The van der Waals surface area contributed by atoms with Crippen molar-refractivity contribution in [3.63, 3.8) is 0 Å². The van der Waals surface area contributed by atoms with Crippen LogP contribution in [0.4, 0.5) is 0 Å². The standard InChI is InChI=1S/C21H29Cl2N3O5S/c22-16-2-1-3-21(20(25)15-17(23)14-16)31-18-4-6-19(7-5-18)32(27,28)26-9-11-30-13-12-29-10-8-24/h4-7,14-15,21,25-26H,1-3,8-13,24H2/b16-14+,17-15+,25-20?/t21-/m1/s1. The highest BCUT2D eigenvalue weighted by Gasteiger charge is 2.18. The van der Waals surface area contributed by atoms with E-state index in [9.17, 15) is 8.42 Å². The number of hydrogen-bond acceptors (Lipinski definition) is 7. The Morgan fingerprint density at radius 2 is 1.75 bits per heavy atom. The molecule has 0 radical (unpaired) electrons. The lowest BCUT2D eigenvalue weighted by Gasteiger charge is -2.18. The van der Waals surface area contributed by atoms with Gasteiger partial charge in [-0.1, -0.05) is 23.2 Å². The van der Waals surface area contributed by atoms with Crippen molar-refractivity contribution in [3.05, 3.63) is 46.5 Å². The molecular weight excluding hydrogens is 477 g/mol. The van der Waals surface area contributed by atoms with Crippen molar-refractivity contribution >= 4 is 38.9 Å². The van der Waals surface area contributed by atoms with Gasteiger partial charge in [-0.3, -0.25) is 0 Å². The lowest BCUT2D eigenvalue weighted by molar-refractivity contribution is 0.0530. The predicted octanol–water partition coefficient (Wildman–Crippen LogP) is 3.15. The van der Waals surface area contributed by atoms with E-state index in [4.69, 9.17) is 48.6 Å². The lowest BCUT2D eigenvalue weighted by atomic mass is 10.1. The molecule has 1 aromatic carbocycles. The van der Waals surface area contributed by atoms with Crippen molar-refractivity contribution in [3.8, 4) is 5.75 Å². The van der Waals surface area contributed by atoms with Crippen molar-refractivity contribution in [2.45, 2.75) is 30.3 Å². The number of nitrogens with one attached hydrogen (secondary N) is 2. The van der Waals surface area contributed by atoms with E-state index in [1.807, 2.05) is 0 Å². The summed E-state index contributed by atoms with van der Waals surface area (Å²) in [5.41, 5.74) is 5.54. The number of allylic oxidation sites excluding steroid dienone is 3. The number of benzene rings is 1. The topological polar surface area (TPSA) is 124 Å². The zero-order valence-electron chi connectivity index (χ0n) is 17.7. The first-order valence-electron chi connectivity index (χ1n) is 10.3. The molecule has 1 aliphatic rings. The van der Waals surface area contributed by atoms with Gasteiger partial charge in [0.1, 0.15) is 11.9 Å². The molecule has 1 aliphatic carbocycles. The van der Waals surface area contributed by atoms with Crippen LogP contribution in [0, 0.1) is 5.41 Å². The number of hydrogen-bond donors (Lipinski definition) is 3. The first-order valence-corrected chi connectivity index (χ1v) is 12.5. The molecule has 11 heteroatoms. The fourth-order valence-electron chi connectivity index (χ4n) is 2.84. The molecule has 2 rings (SSSR count). The van der Waals surface area contributed by atoms with Crippen LogP contribution in [0.3, 0.4) is 0 Å². The zero-order valence-corrected chi connectivity index (χ0v) is 20.0. The number of nitrogens with two attached hydrogens (primary N) is 1. The first kappa shape index (κ1) is 26.8. The van der Waals surface area contributed by atoms with Gasteiger partial charge in [-0.05, 0) is 55.7 Å². The molecule has 0 spiro atoms. The van der Waals surface area contributed by atoms with Gasteiger partial charge < -0.3 is 25.4 Å². The molecule has 0 saturated heterocycles. The number of halogens is 2. The summed E-state index contributed by atoms with van der Waals surface area (Å²) in [5.74, 6) is 0.460. The second kappa shape index (κ2) is 13.9. The van der Waals surface area contributed by atoms with Crippen LogP contribution in [-0.4, -0.2) is 59.8 Å². The molecule has 0 unspecified atom stereocenters. The minimum Gasteiger partial charge on any atom is -0.484 e. The highest BCUT2D eigenvalue weighted by atomic mass is 35.5. The first-order chi connectivity index (χ1) is 15.3. The largest absolute Gasteiger partial charge is 0.484 e. The molecule has 0 fully saturated rings. The summed E-state index contributed by atoms with van der Waals surface area (Å²) in [4.78, 5) is 0.111. The van der Waals surface area contributed by atoms with E-state index in [-0.39, 0.29) is 23.8 Å². The van der Waals surface area contributed by atoms with Crippen molar-refractivity contribution in [2.24, 2.45) is 5.73 Å². The van der Waals surface area contributed by atoms with E-state index in [1.165, 1.54) is 18.2 Å². The molecule has 0 saturated carbocycles. The van der Waals surface area contributed by atoms with Gasteiger partial charge in [0, 0.05) is 23.2 Å². The van der Waals surface area contributed by atoms with Gasteiger partial charge in [-0.2, -0.15) is 0 Å². The van der Waals surface area contributed by atoms with E-state index >= 15 is 0 Å². The summed E-state index contributed by atoms with van der Waals surface area (Å²) < 4.78 is 43.7. The Kier molecular flexibility index (Phi) is 11.7. The van der Waals surface area contributed by atoms with Gasteiger partial charge in [0.2, 0.25) is 10.0 Å². The van der Waals surface area contributed by atoms with Gasteiger partial charge in [0.05, 0.1) is 37.0 Å². The summed E-state index contributed by atoms with van der Waals surface area (Å²) in [5, 5.41) is 9.24. The summed E-state index contributed by atoms with van der Waals surface area (Å²) in [6, 6.07) is 6.05. The molecule has 0 amide bonds. The monoisotopic (exact) mass is 505 g/mol. The van der Waals surface area contributed by atoms with Crippen LogP contribution in [0.25, 0.3) is 0 Å². The van der Waals surface area contributed by atoms with Gasteiger partial charge in [-0.15, -0.1) is 0 Å². The van der Waals surface area contributed by atoms with E-state index < -0.39 is 16.1 Å². The van der Waals surface area contributed by atoms with Crippen molar-refractivity contribution < 1.29 is 22.6 Å². The van der Waals surface area contributed by atoms with Gasteiger partial charge in [0.25, 0.3) is 0 Å². The second-order valence-electron chi connectivity index (χ2n) is 6.96. The van der Waals surface area contributed by atoms with Gasteiger partial charge >= 0.3 is 0 Å². The Morgan fingerprint density at radius 3 is 2.44 bits per heavy atom. The summed E-state index contributed by atoms with van der Waals surface area (Å²) in [6.45, 7) is 2.06. The van der Waals surface area contributed by atoms with Crippen LogP contribution in [0.5, 0.6) is 5.75 Å². The molecular formula is C21H29Cl2N3O5S. The fraction of sp³-hybridized carbons (Fsp3) is 0.476. The predicted molar refractivity (Wildman–Crippen MR) is 126 cm³/mol. The molecule has 0 aromatic heterocycles. The summed E-state index contributed by atoms with van der Waals surface area (Å²) >= 11 is 12.2. The number of rotatable bonds is 12. The average molecular weight is 506 g/mol. The third kappa shape index (κ3) is 9.58. The normalized spacial score (nSPS) is 21.0. The maximum absolute atomic E-state index is 12.4. The van der Waals surface area contributed by atoms with Crippen molar-refractivity contribution in [1.29, 1.82) is 5.41 Å². The molecule has 178 valence electrons. The summed E-state index contributed by atoms with van der Waals surface area (Å²) in [6.07, 6.45) is 4.60. The Hall–Kier alpha value is -1.46. The Labute approximate surface area is 199 Å². The SMILES string of the molecule is N=C1/C=C(Cl)\C=C(\Cl)CCC[C@H]1Oc1ccc(S(=O)(=O)NCCOCCOCCN)cc1. The van der Waals surface area contributed by atoms with Crippen LogP contribution in [0.1, 0.15) is 19.3 Å². The van der Waals surface area contributed by atoms with E-state index in [2.05, 4.69) is 4.72 Å². The minimum absolute atomic E-state index is 0.111. The van der Waals surface area contributed by atoms with Crippen molar-refractivity contribution in [1.82, 2.24) is 4.72 Å². The number of sulfonamides is 1. The third-order valence-corrected chi connectivity index (χ3v) is 6.39. The van der Waals surface area contributed by atoms with Crippen LogP contribution in [-0.2, 0) is 19.5 Å². The molecule has 0 heterocycles. The van der Waals surface area contributed by atoms with E-state index in [0.717, 1.165) is 6.42 Å². The van der Waals surface area contributed by atoms with Gasteiger partial charge in [-0.25, -0.2) is 13.1 Å². The van der Waals surface area contributed by atoms with E-state index in [0.29, 0.717) is 55.0 Å². The quantitative estimate of drug-likeness (QED) is 0.374. The molecule has 0 bridgehead atoms. The maximum atomic E-state index is 12.4. The Bertz CT molecular complexity index is 905. The fourth-order valence-corrected chi connectivity index (χ4v) is 4.41. The van der Waals surface area contributed by atoms with Crippen LogP contribution >= 0.6 is 23.2 Å². The van der Waals surface area contributed by atoms with Crippen LogP contribution in [0.2, 0.25) is 0 Å². The minimum atomic E-state index is -3.68. The van der Waals surface area contributed by atoms with Crippen LogP contribution < -0.4 is 15.2 Å².